The molecule has 124 valence electrons. The van der Waals surface area contributed by atoms with Crippen molar-refractivity contribution < 1.29 is 19.4 Å². The topological polar surface area (TPSA) is 55.8 Å². The molecule has 0 unspecified atom stereocenters. The van der Waals surface area contributed by atoms with Gasteiger partial charge in [0.1, 0.15) is 5.75 Å². The van der Waals surface area contributed by atoms with Crippen LogP contribution in [0, 0.1) is 0 Å². The normalized spacial score (nSPS) is 17.2. The molecule has 4 nitrogen and oxygen atoms in total. The molecule has 0 aliphatic carbocycles. The number of fused-ring (bicyclic) bond motifs is 7. The third kappa shape index (κ3) is 3.96. The molecule has 2 aliphatic rings. The summed E-state index contributed by atoms with van der Waals surface area (Å²) in [5.41, 5.74) is 2.06. The van der Waals surface area contributed by atoms with Gasteiger partial charge in [-0.05, 0) is 48.2 Å². The van der Waals surface area contributed by atoms with Gasteiger partial charge in [-0.15, -0.1) is 0 Å². The second-order valence-corrected chi connectivity index (χ2v) is 5.83. The minimum atomic E-state index is -0.0573. The van der Waals surface area contributed by atoms with Gasteiger partial charge >= 0.3 is 0 Å². The van der Waals surface area contributed by atoms with E-state index in [9.17, 15) is 9.90 Å². The van der Waals surface area contributed by atoms with Crippen molar-refractivity contribution in [1.82, 2.24) is 0 Å². The van der Waals surface area contributed by atoms with Gasteiger partial charge in [0.25, 0.3) is 0 Å². The van der Waals surface area contributed by atoms with Crippen LogP contribution in [0.3, 0.4) is 0 Å². The lowest BCUT2D eigenvalue weighted by Gasteiger charge is -2.12. The van der Waals surface area contributed by atoms with Crippen LogP contribution < -0.4 is 9.47 Å². The summed E-state index contributed by atoms with van der Waals surface area (Å²) in [5.74, 6) is 2.07. The number of aliphatic hydroxyl groups excluding tert-OH is 1. The van der Waals surface area contributed by atoms with Crippen molar-refractivity contribution in [2.75, 3.05) is 7.11 Å². The largest absolute Gasteiger partial charge is 0.512 e. The summed E-state index contributed by atoms with van der Waals surface area (Å²) < 4.78 is 11.3. The highest BCUT2D eigenvalue weighted by molar-refractivity contribution is 5.90. The smallest absolute Gasteiger partial charge is 0.169 e. The van der Waals surface area contributed by atoms with E-state index in [-0.39, 0.29) is 11.5 Å². The van der Waals surface area contributed by atoms with Crippen molar-refractivity contribution in [2.45, 2.75) is 25.7 Å². The molecule has 2 aliphatic heterocycles. The highest BCUT2D eigenvalue weighted by Gasteiger charge is 2.10. The molecule has 0 radical (unpaired) electrons. The molecule has 4 bridgehead atoms. The average Bonchev–Trinajstić information content (AvgIpc) is 2.59. The SMILES string of the molecule is COc1ccc2cc1Oc1ccc(cc1)CCC(=O)/C=C(/O)CC2. The van der Waals surface area contributed by atoms with Crippen LogP contribution in [-0.2, 0) is 17.6 Å². The zero-order valence-corrected chi connectivity index (χ0v) is 13.6. The number of carbonyl (C=O) groups is 1. The third-order valence-corrected chi connectivity index (χ3v) is 4.04. The number of methoxy groups -OCH3 is 1. The molecule has 0 saturated heterocycles. The zero-order valence-electron chi connectivity index (χ0n) is 13.6. The first kappa shape index (κ1) is 16.1. The van der Waals surface area contributed by atoms with E-state index < -0.39 is 0 Å². The highest BCUT2D eigenvalue weighted by Crippen LogP contribution is 2.33. The molecule has 0 atom stereocenters. The fourth-order valence-corrected chi connectivity index (χ4v) is 2.68. The van der Waals surface area contributed by atoms with E-state index in [2.05, 4.69) is 0 Å². The van der Waals surface area contributed by atoms with E-state index in [1.54, 1.807) is 7.11 Å². The monoisotopic (exact) mass is 324 g/mol. The van der Waals surface area contributed by atoms with Crippen LogP contribution in [-0.4, -0.2) is 18.0 Å². The average molecular weight is 324 g/mol. The molecule has 4 heteroatoms. The fourth-order valence-electron chi connectivity index (χ4n) is 2.68. The number of carbonyl (C=O) groups excluding carboxylic acids is 1. The Morgan fingerprint density at radius 2 is 1.67 bits per heavy atom. The summed E-state index contributed by atoms with van der Waals surface area (Å²) in [6, 6.07) is 13.4. The van der Waals surface area contributed by atoms with E-state index in [0.717, 1.165) is 16.9 Å². The minimum Gasteiger partial charge on any atom is -0.512 e. The quantitative estimate of drug-likeness (QED) is 0.846. The number of hydrogen-bond donors (Lipinski definition) is 1. The summed E-state index contributed by atoms with van der Waals surface area (Å²) in [4.78, 5) is 11.9. The Morgan fingerprint density at radius 1 is 0.958 bits per heavy atom. The zero-order chi connectivity index (χ0) is 16.9. The minimum absolute atomic E-state index is 0.0573. The van der Waals surface area contributed by atoms with Gasteiger partial charge in [0.2, 0.25) is 0 Å². The molecule has 0 saturated carbocycles. The Bertz CT molecular complexity index is 760. The van der Waals surface area contributed by atoms with Gasteiger partial charge in [-0.1, -0.05) is 18.2 Å². The van der Waals surface area contributed by atoms with Crippen molar-refractivity contribution in [3.8, 4) is 17.2 Å². The third-order valence-electron chi connectivity index (χ3n) is 4.04. The standard InChI is InChI=1S/C20H20O4/c1-23-19-11-6-15-3-8-17(22)13-16(21)7-2-14-4-9-18(10-5-14)24-20(19)12-15/h4-6,9-13,22H,2-3,7-8H2,1H3/b17-13+. The number of ether oxygens (including phenoxy) is 2. The number of ketones is 1. The second-order valence-electron chi connectivity index (χ2n) is 5.83. The summed E-state index contributed by atoms with van der Waals surface area (Å²) in [7, 11) is 1.60. The number of rotatable bonds is 1. The maximum absolute atomic E-state index is 11.9. The Hall–Kier alpha value is -2.75. The highest BCUT2D eigenvalue weighted by atomic mass is 16.5. The van der Waals surface area contributed by atoms with Crippen molar-refractivity contribution in [2.24, 2.45) is 0 Å². The summed E-state index contributed by atoms with van der Waals surface area (Å²) in [5, 5.41) is 9.95. The first-order chi connectivity index (χ1) is 11.6. The number of allylic oxidation sites excluding steroid dienone is 2. The Labute approximate surface area is 141 Å². The van der Waals surface area contributed by atoms with Gasteiger partial charge in [-0.25, -0.2) is 0 Å². The Morgan fingerprint density at radius 3 is 2.42 bits per heavy atom. The summed E-state index contributed by atoms with van der Waals surface area (Å²) >= 11 is 0. The number of aliphatic hydroxyl groups is 1. The van der Waals surface area contributed by atoms with Gasteiger partial charge in [0.05, 0.1) is 12.9 Å². The molecule has 0 spiro atoms. The van der Waals surface area contributed by atoms with Crippen LogP contribution in [0.4, 0.5) is 0 Å². The van der Waals surface area contributed by atoms with Crippen LogP contribution in [0.2, 0.25) is 0 Å². The van der Waals surface area contributed by atoms with Gasteiger partial charge in [0, 0.05) is 18.9 Å². The molecule has 4 rings (SSSR count). The predicted molar refractivity (Wildman–Crippen MR) is 91.9 cm³/mol. The van der Waals surface area contributed by atoms with E-state index in [4.69, 9.17) is 9.47 Å². The lowest BCUT2D eigenvalue weighted by molar-refractivity contribution is -0.114. The Kier molecular flexibility index (Phi) is 4.85. The van der Waals surface area contributed by atoms with Crippen molar-refractivity contribution >= 4 is 5.78 Å². The molecule has 0 aromatic heterocycles. The van der Waals surface area contributed by atoms with E-state index >= 15 is 0 Å². The Balaban J connectivity index is 1.97. The molecule has 2 aromatic rings. The molecule has 0 fully saturated rings. The van der Waals surface area contributed by atoms with Crippen LogP contribution in [0.1, 0.15) is 24.0 Å². The first-order valence-corrected chi connectivity index (χ1v) is 8.00. The number of benzene rings is 2. The molecule has 1 N–H and O–H groups in total. The molecule has 0 amide bonds. The van der Waals surface area contributed by atoms with E-state index in [1.165, 1.54) is 6.08 Å². The van der Waals surface area contributed by atoms with Crippen LogP contribution >= 0.6 is 0 Å². The molecule has 2 aromatic carbocycles. The molecule has 2 heterocycles. The fraction of sp³-hybridized carbons (Fsp3) is 0.250. The van der Waals surface area contributed by atoms with Crippen LogP contribution in [0.25, 0.3) is 0 Å². The summed E-state index contributed by atoms with van der Waals surface area (Å²) in [6.07, 6.45) is 3.40. The lowest BCUT2D eigenvalue weighted by atomic mass is 10.1. The van der Waals surface area contributed by atoms with E-state index in [1.807, 2.05) is 42.5 Å². The van der Waals surface area contributed by atoms with Crippen LogP contribution in [0.15, 0.2) is 54.3 Å². The molecule has 24 heavy (non-hydrogen) atoms. The molecular formula is C20H20O4. The van der Waals surface area contributed by atoms with Crippen molar-refractivity contribution in [3.05, 3.63) is 65.4 Å². The maximum atomic E-state index is 11.9. The van der Waals surface area contributed by atoms with Gasteiger partial charge < -0.3 is 14.6 Å². The lowest BCUT2D eigenvalue weighted by Crippen LogP contribution is -1.99. The van der Waals surface area contributed by atoms with Gasteiger partial charge in [-0.2, -0.15) is 0 Å². The summed E-state index contributed by atoms with van der Waals surface area (Å²) in [6.45, 7) is 0. The second kappa shape index (κ2) is 7.21. The van der Waals surface area contributed by atoms with E-state index in [0.29, 0.717) is 37.2 Å². The predicted octanol–water partition coefficient (Wildman–Crippen LogP) is 4.38. The molecular weight excluding hydrogens is 304 g/mol. The number of hydrogen-bond acceptors (Lipinski definition) is 4. The van der Waals surface area contributed by atoms with Gasteiger partial charge in [0.15, 0.2) is 17.3 Å². The van der Waals surface area contributed by atoms with Gasteiger partial charge in [-0.3, -0.25) is 4.79 Å². The van der Waals surface area contributed by atoms with Crippen LogP contribution in [0.5, 0.6) is 17.2 Å². The maximum Gasteiger partial charge on any atom is 0.169 e. The van der Waals surface area contributed by atoms with Crippen molar-refractivity contribution in [3.63, 3.8) is 0 Å². The number of aryl methyl sites for hydroxylation is 2. The first-order valence-electron chi connectivity index (χ1n) is 8.00. The van der Waals surface area contributed by atoms with Crippen molar-refractivity contribution in [1.29, 1.82) is 0 Å².